The van der Waals surface area contributed by atoms with Gasteiger partial charge in [0.05, 0.1) is 12.3 Å². The van der Waals surface area contributed by atoms with Crippen LogP contribution in [0.2, 0.25) is 0 Å². The molecule has 0 aromatic carbocycles. The third-order valence-corrected chi connectivity index (χ3v) is 2.10. The van der Waals surface area contributed by atoms with Crippen molar-refractivity contribution in [2.45, 2.75) is 20.8 Å². The van der Waals surface area contributed by atoms with Crippen LogP contribution in [0.5, 0.6) is 0 Å². The highest BCUT2D eigenvalue weighted by molar-refractivity contribution is 6.01. The molecule has 0 atom stereocenters. The maximum absolute atomic E-state index is 11.2. The van der Waals surface area contributed by atoms with Crippen molar-refractivity contribution in [1.82, 2.24) is 5.32 Å². The van der Waals surface area contributed by atoms with Gasteiger partial charge in [0, 0.05) is 11.6 Å². The van der Waals surface area contributed by atoms with Crippen molar-refractivity contribution in [2.24, 2.45) is 0 Å². The molecule has 0 aliphatic carbocycles. The Labute approximate surface area is 82.6 Å². The fourth-order valence-electron chi connectivity index (χ4n) is 1.13. The largest absolute Gasteiger partial charge is 0.463 e. The molecule has 0 saturated heterocycles. The zero-order chi connectivity index (χ0) is 10.7. The summed E-state index contributed by atoms with van der Waals surface area (Å²) in [6.07, 6.45) is 1.30. The van der Waals surface area contributed by atoms with Crippen molar-refractivity contribution < 1.29 is 14.3 Å². The van der Waals surface area contributed by atoms with Crippen LogP contribution in [0.4, 0.5) is 0 Å². The van der Waals surface area contributed by atoms with E-state index in [1.54, 1.807) is 20.8 Å². The molecule has 1 N–H and O–H groups in total. The number of carbonyl (C=O) groups excluding carboxylic acids is 2. The van der Waals surface area contributed by atoms with Crippen LogP contribution in [-0.2, 0) is 14.3 Å². The molecule has 76 valence electrons. The van der Waals surface area contributed by atoms with Gasteiger partial charge < -0.3 is 10.1 Å². The zero-order valence-corrected chi connectivity index (χ0v) is 8.51. The van der Waals surface area contributed by atoms with E-state index < -0.39 is 5.97 Å². The van der Waals surface area contributed by atoms with Gasteiger partial charge in [-0.3, -0.25) is 4.79 Å². The Kier molecular flexibility index (Phi) is 3.06. The van der Waals surface area contributed by atoms with Gasteiger partial charge in [-0.15, -0.1) is 0 Å². The molecule has 0 saturated carbocycles. The molecule has 0 spiro atoms. The summed E-state index contributed by atoms with van der Waals surface area (Å²) in [6.45, 7) is 5.57. The summed E-state index contributed by atoms with van der Waals surface area (Å²) < 4.78 is 4.73. The minimum absolute atomic E-state index is 0.155. The Balaban J connectivity index is 2.82. The van der Waals surface area contributed by atoms with Gasteiger partial charge in [-0.2, -0.15) is 0 Å². The van der Waals surface area contributed by atoms with E-state index in [4.69, 9.17) is 4.74 Å². The van der Waals surface area contributed by atoms with E-state index >= 15 is 0 Å². The minimum Gasteiger partial charge on any atom is -0.463 e. The number of ether oxygens (including phenoxy) is 1. The summed E-state index contributed by atoms with van der Waals surface area (Å²) >= 11 is 0. The number of rotatable bonds is 2. The first-order chi connectivity index (χ1) is 6.56. The van der Waals surface area contributed by atoms with Gasteiger partial charge in [-0.25, -0.2) is 4.79 Å². The van der Waals surface area contributed by atoms with Crippen LogP contribution >= 0.6 is 0 Å². The summed E-state index contributed by atoms with van der Waals surface area (Å²) in [6, 6.07) is 0. The van der Waals surface area contributed by atoms with Gasteiger partial charge in [0.1, 0.15) is 0 Å². The quantitative estimate of drug-likeness (QED) is 0.526. The van der Waals surface area contributed by atoms with Gasteiger partial charge >= 0.3 is 5.97 Å². The van der Waals surface area contributed by atoms with Crippen LogP contribution in [-0.4, -0.2) is 18.5 Å². The van der Waals surface area contributed by atoms with Gasteiger partial charge in [0.2, 0.25) is 0 Å². The van der Waals surface area contributed by atoms with Crippen LogP contribution in [0.1, 0.15) is 20.8 Å². The van der Waals surface area contributed by atoms with Crippen molar-refractivity contribution in [3.8, 4) is 0 Å². The smallest absolute Gasteiger partial charge is 0.332 e. The van der Waals surface area contributed by atoms with Crippen molar-refractivity contribution >= 4 is 11.9 Å². The summed E-state index contributed by atoms with van der Waals surface area (Å²) in [5.74, 6) is -0.588. The molecule has 4 nitrogen and oxygen atoms in total. The number of nitrogens with one attached hydrogen (secondary N) is 1. The number of esters is 1. The van der Waals surface area contributed by atoms with E-state index in [0.29, 0.717) is 17.9 Å². The predicted octanol–water partition coefficient (Wildman–Crippen LogP) is 0.900. The SMILES string of the molecule is CCOC(=O)/C=C1/NC(=O)C(C)=C1C. The number of hydrogen-bond donors (Lipinski definition) is 1. The molecule has 4 heteroatoms. The highest BCUT2D eigenvalue weighted by Crippen LogP contribution is 2.19. The second-order valence-corrected chi connectivity index (χ2v) is 3.01. The van der Waals surface area contributed by atoms with E-state index in [1.807, 2.05) is 0 Å². The second-order valence-electron chi connectivity index (χ2n) is 3.01. The molecule has 0 aromatic heterocycles. The number of amides is 1. The monoisotopic (exact) mass is 195 g/mol. The minimum atomic E-state index is -0.433. The van der Waals surface area contributed by atoms with Gasteiger partial charge in [-0.05, 0) is 26.3 Å². The van der Waals surface area contributed by atoms with E-state index in [2.05, 4.69) is 5.32 Å². The third kappa shape index (κ3) is 2.02. The Hall–Kier alpha value is -1.58. The molecule has 1 heterocycles. The molecule has 0 unspecified atom stereocenters. The number of carbonyl (C=O) groups is 2. The lowest BCUT2D eigenvalue weighted by molar-refractivity contribution is -0.137. The van der Waals surface area contributed by atoms with Crippen LogP contribution < -0.4 is 5.32 Å². The molecule has 1 aliphatic heterocycles. The Morgan fingerprint density at radius 1 is 1.43 bits per heavy atom. The van der Waals surface area contributed by atoms with E-state index in [1.165, 1.54) is 6.08 Å². The number of hydrogen-bond acceptors (Lipinski definition) is 3. The molecule has 14 heavy (non-hydrogen) atoms. The first kappa shape index (κ1) is 10.5. The van der Waals surface area contributed by atoms with Crippen molar-refractivity contribution in [1.29, 1.82) is 0 Å². The second kappa shape index (κ2) is 4.09. The summed E-state index contributed by atoms with van der Waals surface area (Å²) in [7, 11) is 0. The average Bonchev–Trinajstić information content (AvgIpc) is 2.34. The third-order valence-electron chi connectivity index (χ3n) is 2.10. The molecule has 0 aromatic rings. The fraction of sp³-hybridized carbons (Fsp3) is 0.400. The Bertz CT molecular complexity index is 339. The van der Waals surface area contributed by atoms with E-state index in [9.17, 15) is 9.59 Å². The normalized spacial score (nSPS) is 18.8. The Morgan fingerprint density at radius 3 is 2.50 bits per heavy atom. The predicted molar refractivity (Wildman–Crippen MR) is 51.2 cm³/mol. The fourth-order valence-corrected chi connectivity index (χ4v) is 1.13. The molecule has 0 radical (unpaired) electrons. The first-order valence-electron chi connectivity index (χ1n) is 4.44. The lowest BCUT2D eigenvalue weighted by atomic mass is 10.1. The van der Waals surface area contributed by atoms with E-state index in [0.717, 1.165) is 5.57 Å². The van der Waals surface area contributed by atoms with E-state index in [-0.39, 0.29) is 5.91 Å². The molecule has 1 rings (SSSR count). The van der Waals surface area contributed by atoms with Crippen LogP contribution in [0.3, 0.4) is 0 Å². The van der Waals surface area contributed by atoms with Crippen LogP contribution in [0, 0.1) is 0 Å². The molecule has 0 fully saturated rings. The molecule has 0 bridgehead atoms. The average molecular weight is 195 g/mol. The summed E-state index contributed by atoms with van der Waals surface area (Å²) in [5, 5.41) is 2.59. The standard InChI is InChI=1S/C10H13NO3/c1-4-14-9(12)5-8-6(2)7(3)10(13)11-8/h5H,4H2,1-3H3,(H,11,13)/b8-5+. The molecule has 1 aliphatic rings. The van der Waals surface area contributed by atoms with Crippen molar-refractivity contribution in [3.05, 3.63) is 22.9 Å². The molecular weight excluding hydrogens is 182 g/mol. The first-order valence-corrected chi connectivity index (χ1v) is 4.44. The van der Waals surface area contributed by atoms with Gasteiger partial charge in [-0.1, -0.05) is 0 Å². The maximum Gasteiger partial charge on any atom is 0.332 e. The summed E-state index contributed by atoms with van der Waals surface area (Å²) in [4.78, 5) is 22.3. The van der Waals surface area contributed by atoms with Gasteiger partial charge in [0.25, 0.3) is 5.91 Å². The lowest BCUT2D eigenvalue weighted by Crippen LogP contribution is -2.16. The van der Waals surface area contributed by atoms with Gasteiger partial charge in [0.15, 0.2) is 0 Å². The maximum atomic E-state index is 11.2. The molecular formula is C10H13NO3. The lowest BCUT2D eigenvalue weighted by Gasteiger charge is -2.00. The summed E-state index contributed by atoms with van der Waals surface area (Å²) in [5.41, 5.74) is 1.97. The highest BCUT2D eigenvalue weighted by Gasteiger charge is 2.20. The van der Waals surface area contributed by atoms with Crippen molar-refractivity contribution in [2.75, 3.05) is 6.61 Å². The topological polar surface area (TPSA) is 55.4 Å². The number of allylic oxidation sites excluding steroid dienone is 1. The van der Waals surface area contributed by atoms with Crippen LogP contribution in [0.15, 0.2) is 22.9 Å². The highest BCUT2D eigenvalue weighted by atomic mass is 16.5. The molecule has 1 amide bonds. The van der Waals surface area contributed by atoms with Crippen molar-refractivity contribution in [3.63, 3.8) is 0 Å². The van der Waals surface area contributed by atoms with Crippen LogP contribution in [0.25, 0.3) is 0 Å². The Morgan fingerprint density at radius 2 is 2.07 bits per heavy atom. The zero-order valence-electron chi connectivity index (χ0n) is 8.51.